The predicted octanol–water partition coefficient (Wildman–Crippen LogP) is 0.547. The largest absolute Gasteiger partial charge is 0.462 e. The molecule has 0 radical (unpaired) electrons. The number of carbonyl (C=O) groups is 1. The molecule has 2 bridgehead atoms. The second-order valence-electron chi connectivity index (χ2n) is 3.83. The Bertz CT molecular complexity index is 177. The molecular formula is C9H15NO2. The van der Waals surface area contributed by atoms with Crippen LogP contribution >= 0.6 is 0 Å². The highest BCUT2D eigenvalue weighted by Gasteiger charge is 2.40. The standard InChI is InChI=1S/C9H15NO2/c1-6(11)12-9-7-2-3-8(9)5-10-4-7/h7-10H,2-5H2,1H3/t7-,8+,9?. The Morgan fingerprint density at radius 2 is 1.92 bits per heavy atom. The molecule has 1 N–H and O–H groups in total. The summed E-state index contributed by atoms with van der Waals surface area (Å²) in [6.07, 6.45) is 2.65. The molecule has 0 aromatic heterocycles. The molecule has 2 fully saturated rings. The molecule has 2 rings (SSSR count). The van der Waals surface area contributed by atoms with E-state index in [-0.39, 0.29) is 12.1 Å². The normalized spacial score (nSPS) is 39.6. The number of fused-ring (bicyclic) bond motifs is 2. The highest BCUT2D eigenvalue weighted by molar-refractivity contribution is 5.66. The van der Waals surface area contributed by atoms with Gasteiger partial charge in [0.25, 0.3) is 0 Å². The lowest BCUT2D eigenvalue weighted by Gasteiger charge is -2.29. The van der Waals surface area contributed by atoms with E-state index < -0.39 is 0 Å². The summed E-state index contributed by atoms with van der Waals surface area (Å²) >= 11 is 0. The molecule has 3 atom stereocenters. The van der Waals surface area contributed by atoms with Gasteiger partial charge >= 0.3 is 5.97 Å². The van der Waals surface area contributed by atoms with Crippen LogP contribution in [0.2, 0.25) is 0 Å². The first-order valence-electron chi connectivity index (χ1n) is 4.65. The third-order valence-electron chi connectivity index (χ3n) is 2.95. The second-order valence-corrected chi connectivity index (χ2v) is 3.83. The fourth-order valence-corrected chi connectivity index (χ4v) is 2.42. The monoisotopic (exact) mass is 169 g/mol. The first-order chi connectivity index (χ1) is 5.77. The summed E-state index contributed by atoms with van der Waals surface area (Å²) in [7, 11) is 0. The van der Waals surface area contributed by atoms with Gasteiger partial charge < -0.3 is 10.1 Å². The van der Waals surface area contributed by atoms with E-state index in [1.165, 1.54) is 19.8 Å². The average molecular weight is 169 g/mol. The van der Waals surface area contributed by atoms with Crippen molar-refractivity contribution < 1.29 is 9.53 Å². The topological polar surface area (TPSA) is 38.3 Å². The van der Waals surface area contributed by atoms with Crippen LogP contribution in [-0.2, 0) is 9.53 Å². The Labute approximate surface area is 72.5 Å². The lowest BCUT2D eigenvalue weighted by Crippen LogP contribution is -2.43. The van der Waals surface area contributed by atoms with Crippen LogP contribution in [0.5, 0.6) is 0 Å². The number of rotatable bonds is 1. The van der Waals surface area contributed by atoms with Crippen molar-refractivity contribution in [3.63, 3.8) is 0 Å². The van der Waals surface area contributed by atoms with Gasteiger partial charge in [-0.3, -0.25) is 4.79 Å². The number of ether oxygens (including phenoxy) is 1. The van der Waals surface area contributed by atoms with Crippen molar-refractivity contribution in [3.8, 4) is 0 Å². The molecule has 1 saturated heterocycles. The lowest BCUT2D eigenvalue weighted by molar-refractivity contribution is -0.151. The smallest absolute Gasteiger partial charge is 0.302 e. The molecular weight excluding hydrogens is 154 g/mol. The minimum atomic E-state index is -0.126. The minimum Gasteiger partial charge on any atom is -0.462 e. The van der Waals surface area contributed by atoms with Crippen molar-refractivity contribution in [2.75, 3.05) is 13.1 Å². The fraction of sp³-hybridized carbons (Fsp3) is 0.889. The number of piperidine rings is 1. The average Bonchev–Trinajstić information content (AvgIpc) is 2.30. The van der Waals surface area contributed by atoms with Gasteiger partial charge in [0.05, 0.1) is 0 Å². The fourth-order valence-electron chi connectivity index (χ4n) is 2.42. The van der Waals surface area contributed by atoms with E-state index in [9.17, 15) is 4.79 Å². The van der Waals surface area contributed by atoms with E-state index in [2.05, 4.69) is 5.32 Å². The maximum absolute atomic E-state index is 10.8. The van der Waals surface area contributed by atoms with Crippen LogP contribution < -0.4 is 5.32 Å². The van der Waals surface area contributed by atoms with E-state index in [0.29, 0.717) is 11.8 Å². The van der Waals surface area contributed by atoms with Gasteiger partial charge in [-0.05, 0) is 12.8 Å². The Kier molecular flexibility index (Phi) is 2.05. The van der Waals surface area contributed by atoms with Crippen molar-refractivity contribution in [2.45, 2.75) is 25.9 Å². The SMILES string of the molecule is CC(=O)OC1[C@@H]2CC[C@H]1CNC2. The highest BCUT2D eigenvalue weighted by Crippen LogP contribution is 2.35. The zero-order valence-electron chi connectivity index (χ0n) is 7.38. The van der Waals surface area contributed by atoms with Crippen LogP contribution in [0.15, 0.2) is 0 Å². The summed E-state index contributed by atoms with van der Waals surface area (Å²) in [6, 6.07) is 0. The van der Waals surface area contributed by atoms with E-state index in [1.54, 1.807) is 0 Å². The van der Waals surface area contributed by atoms with Gasteiger partial charge in [-0.15, -0.1) is 0 Å². The molecule has 1 heterocycles. The number of carbonyl (C=O) groups excluding carboxylic acids is 1. The predicted molar refractivity (Wildman–Crippen MR) is 44.6 cm³/mol. The van der Waals surface area contributed by atoms with Crippen LogP contribution in [0, 0.1) is 11.8 Å². The summed E-state index contributed by atoms with van der Waals surface area (Å²) in [6.45, 7) is 3.55. The van der Waals surface area contributed by atoms with E-state index in [1.807, 2.05) is 0 Å². The summed E-state index contributed by atoms with van der Waals surface area (Å²) in [5.41, 5.74) is 0. The number of hydrogen-bond donors (Lipinski definition) is 1. The first kappa shape index (κ1) is 8.05. The van der Waals surface area contributed by atoms with Gasteiger partial charge in [-0.1, -0.05) is 0 Å². The van der Waals surface area contributed by atoms with Crippen molar-refractivity contribution in [1.29, 1.82) is 0 Å². The first-order valence-corrected chi connectivity index (χ1v) is 4.65. The van der Waals surface area contributed by atoms with E-state index in [4.69, 9.17) is 4.74 Å². The third-order valence-corrected chi connectivity index (χ3v) is 2.95. The molecule has 0 spiro atoms. The minimum absolute atomic E-state index is 0.126. The van der Waals surface area contributed by atoms with Gasteiger partial charge in [0.15, 0.2) is 0 Å². The zero-order chi connectivity index (χ0) is 8.55. The van der Waals surface area contributed by atoms with Crippen molar-refractivity contribution in [1.82, 2.24) is 5.32 Å². The molecule has 2 aliphatic rings. The van der Waals surface area contributed by atoms with Crippen LogP contribution in [0.4, 0.5) is 0 Å². The lowest BCUT2D eigenvalue weighted by atomic mass is 9.96. The van der Waals surface area contributed by atoms with Gasteiger partial charge in [0, 0.05) is 31.8 Å². The number of hydrogen-bond acceptors (Lipinski definition) is 3. The molecule has 0 aromatic rings. The number of esters is 1. The van der Waals surface area contributed by atoms with Crippen LogP contribution in [-0.4, -0.2) is 25.2 Å². The summed E-state index contributed by atoms with van der Waals surface area (Å²) in [5.74, 6) is 1.03. The maximum Gasteiger partial charge on any atom is 0.302 e. The molecule has 3 nitrogen and oxygen atoms in total. The van der Waals surface area contributed by atoms with Crippen molar-refractivity contribution >= 4 is 5.97 Å². The summed E-state index contributed by atoms with van der Waals surface area (Å²) < 4.78 is 5.30. The second kappa shape index (κ2) is 3.05. The molecule has 3 heteroatoms. The van der Waals surface area contributed by atoms with E-state index >= 15 is 0 Å². The van der Waals surface area contributed by atoms with Crippen LogP contribution in [0.3, 0.4) is 0 Å². The van der Waals surface area contributed by atoms with E-state index in [0.717, 1.165) is 13.1 Å². The maximum atomic E-state index is 10.8. The third kappa shape index (κ3) is 1.33. The van der Waals surface area contributed by atoms with Crippen LogP contribution in [0.1, 0.15) is 19.8 Å². The molecule has 1 aliphatic heterocycles. The van der Waals surface area contributed by atoms with Gasteiger partial charge in [-0.25, -0.2) is 0 Å². The van der Waals surface area contributed by atoms with Crippen molar-refractivity contribution in [2.24, 2.45) is 11.8 Å². The molecule has 0 amide bonds. The molecule has 1 unspecified atom stereocenters. The highest BCUT2D eigenvalue weighted by atomic mass is 16.5. The van der Waals surface area contributed by atoms with Gasteiger partial charge in [0.2, 0.25) is 0 Å². The summed E-state index contributed by atoms with van der Waals surface area (Å²) in [4.78, 5) is 10.8. The molecule has 68 valence electrons. The van der Waals surface area contributed by atoms with Gasteiger partial charge in [0.1, 0.15) is 6.10 Å². The summed E-state index contributed by atoms with van der Waals surface area (Å²) in [5, 5.41) is 3.36. The Hall–Kier alpha value is -0.570. The molecule has 1 saturated carbocycles. The zero-order valence-corrected chi connectivity index (χ0v) is 7.38. The van der Waals surface area contributed by atoms with Gasteiger partial charge in [-0.2, -0.15) is 0 Å². The Morgan fingerprint density at radius 1 is 1.33 bits per heavy atom. The molecule has 0 aromatic carbocycles. The quantitative estimate of drug-likeness (QED) is 0.582. The van der Waals surface area contributed by atoms with Crippen LogP contribution in [0.25, 0.3) is 0 Å². The number of nitrogens with one attached hydrogen (secondary N) is 1. The molecule has 1 aliphatic carbocycles. The Balaban J connectivity index is 2.00. The Morgan fingerprint density at radius 3 is 2.42 bits per heavy atom. The molecule has 12 heavy (non-hydrogen) atoms. The van der Waals surface area contributed by atoms with Crippen molar-refractivity contribution in [3.05, 3.63) is 0 Å².